The molecule has 2 rings (SSSR count). The number of hydrogen-bond acceptors (Lipinski definition) is 4. The summed E-state index contributed by atoms with van der Waals surface area (Å²) in [5.41, 5.74) is 2.29. The van der Waals surface area contributed by atoms with Gasteiger partial charge in [-0.05, 0) is 37.1 Å². The number of carbonyl (C=O) groups is 1. The van der Waals surface area contributed by atoms with Gasteiger partial charge in [0.1, 0.15) is 5.69 Å². The van der Waals surface area contributed by atoms with Crippen LogP contribution in [0.5, 0.6) is 0 Å². The summed E-state index contributed by atoms with van der Waals surface area (Å²) in [7, 11) is 0. The van der Waals surface area contributed by atoms with Gasteiger partial charge >= 0.3 is 0 Å². The molecule has 1 unspecified atom stereocenters. The first-order chi connectivity index (χ1) is 10.2. The fourth-order valence-corrected chi connectivity index (χ4v) is 1.78. The minimum absolute atomic E-state index is 0.186. The summed E-state index contributed by atoms with van der Waals surface area (Å²) in [6, 6.07) is 7.74. The van der Waals surface area contributed by atoms with E-state index in [4.69, 9.17) is 0 Å². The highest BCUT2D eigenvalue weighted by Gasteiger charge is 2.07. The van der Waals surface area contributed by atoms with Gasteiger partial charge in [0.05, 0.1) is 11.9 Å². The Morgan fingerprint density at radius 1 is 1.29 bits per heavy atom. The van der Waals surface area contributed by atoms with Crippen LogP contribution in [0.25, 0.3) is 0 Å². The Labute approximate surface area is 124 Å². The van der Waals surface area contributed by atoms with E-state index in [0.29, 0.717) is 18.3 Å². The van der Waals surface area contributed by atoms with Gasteiger partial charge < -0.3 is 10.6 Å². The Kier molecular flexibility index (Phi) is 5.26. The zero-order valence-electron chi connectivity index (χ0n) is 12.3. The number of nitrogens with zero attached hydrogens (tertiary/aromatic N) is 2. The van der Waals surface area contributed by atoms with Crippen LogP contribution in [-0.4, -0.2) is 21.9 Å². The van der Waals surface area contributed by atoms with E-state index in [-0.39, 0.29) is 5.91 Å². The molecule has 2 aromatic heterocycles. The van der Waals surface area contributed by atoms with Crippen LogP contribution >= 0.6 is 0 Å². The number of anilines is 1. The number of rotatable bonds is 6. The van der Waals surface area contributed by atoms with Crippen molar-refractivity contribution in [2.24, 2.45) is 0 Å². The number of nitrogens with one attached hydrogen (secondary N) is 2. The Hall–Kier alpha value is -2.43. The number of aromatic nitrogens is 2. The van der Waals surface area contributed by atoms with Gasteiger partial charge in [-0.2, -0.15) is 0 Å². The second-order valence-electron chi connectivity index (χ2n) is 4.93. The summed E-state index contributed by atoms with van der Waals surface area (Å²) < 4.78 is 0. The van der Waals surface area contributed by atoms with E-state index in [1.807, 2.05) is 18.2 Å². The smallest absolute Gasteiger partial charge is 0.270 e. The molecule has 21 heavy (non-hydrogen) atoms. The van der Waals surface area contributed by atoms with Gasteiger partial charge in [-0.1, -0.05) is 13.0 Å². The number of pyridine rings is 2. The summed E-state index contributed by atoms with van der Waals surface area (Å²) in [5, 5.41) is 6.14. The van der Waals surface area contributed by atoms with Crippen molar-refractivity contribution < 1.29 is 4.79 Å². The predicted octanol–water partition coefficient (Wildman–Crippen LogP) is 2.62. The van der Waals surface area contributed by atoms with Crippen LogP contribution < -0.4 is 10.6 Å². The lowest BCUT2D eigenvalue weighted by molar-refractivity contribution is 0.0946. The molecule has 1 atom stereocenters. The van der Waals surface area contributed by atoms with Gasteiger partial charge in [0.2, 0.25) is 0 Å². The van der Waals surface area contributed by atoms with E-state index in [2.05, 4.69) is 34.4 Å². The molecule has 2 N–H and O–H groups in total. The summed E-state index contributed by atoms with van der Waals surface area (Å²) in [4.78, 5) is 20.2. The van der Waals surface area contributed by atoms with Crippen molar-refractivity contribution in [2.45, 2.75) is 32.9 Å². The van der Waals surface area contributed by atoms with E-state index < -0.39 is 0 Å². The molecule has 0 bridgehead atoms. The zero-order valence-corrected chi connectivity index (χ0v) is 12.3. The van der Waals surface area contributed by atoms with Crippen LogP contribution in [0.2, 0.25) is 0 Å². The summed E-state index contributed by atoms with van der Waals surface area (Å²) in [6.45, 7) is 4.67. The Bertz CT molecular complexity index is 569. The van der Waals surface area contributed by atoms with Crippen molar-refractivity contribution in [1.82, 2.24) is 15.3 Å². The highest BCUT2D eigenvalue weighted by molar-refractivity contribution is 5.92. The van der Waals surface area contributed by atoms with Crippen molar-refractivity contribution in [3.8, 4) is 0 Å². The van der Waals surface area contributed by atoms with Gasteiger partial charge in [-0.25, -0.2) is 4.98 Å². The lowest BCUT2D eigenvalue weighted by atomic mass is 10.2. The highest BCUT2D eigenvalue weighted by atomic mass is 16.1. The van der Waals surface area contributed by atoms with Crippen molar-refractivity contribution in [1.29, 1.82) is 0 Å². The quantitative estimate of drug-likeness (QED) is 0.855. The first-order valence-corrected chi connectivity index (χ1v) is 7.08. The Balaban J connectivity index is 1.90. The zero-order chi connectivity index (χ0) is 15.1. The van der Waals surface area contributed by atoms with Crippen LogP contribution in [0.3, 0.4) is 0 Å². The van der Waals surface area contributed by atoms with Gasteiger partial charge in [0.25, 0.3) is 5.91 Å². The van der Waals surface area contributed by atoms with Gasteiger partial charge in [0.15, 0.2) is 0 Å². The van der Waals surface area contributed by atoms with Gasteiger partial charge in [0, 0.05) is 25.0 Å². The van der Waals surface area contributed by atoms with E-state index in [9.17, 15) is 4.79 Å². The molecule has 0 aliphatic rings. The number of amides is 1. The van der Waals surface area contributed by atoms with Crippen LogP contribution in [0.1, 0.15) is 36.3 Å². The minimum atomic E-state index is -0.186. The third-order valence-electron chi connectivity index (χ3n) is 3.20. The van der Waals surface area contributed by atoms with Crippen molar-refractivity contribution in [3.05, 3.63) is 54.1 Å². The van der Waals surface area contributed by atoms with Crippen molar-refractivity contribution in [2.75, 3.05) is 5.32 Å². The molecule has 1 amide bonds. The van der Waals surface area contributed by atoms with Crippen LogP contribution in [0, 0.1) is 0 Å². The maximum atomic E-state index is 12.0. The van der Waals surface area contributed by atoms with Gasteiger partial charge in [-0.15, -0.1) is 0 Å². The molecule has 110 valence electrons. The fourth-order valence-electron chi connectivity index (χ4n) is 1.78. The first kappa shape index (κ1) is 15.0. The largest absolute Gasteiger partial charge is 0.381 e. The van der Waals surface area contributed by atoms with E-state index in [1.165, 1.54) is 0 Å². The molecule has 5 heteroatoms. The normalized spacial score (nSPS) is 11.7. The lowest BCUT2D eigenvalue weighted by Crippen LogP contribution is -2.24. The Morgan fingerprint density at radius 2 is 2.14 bits per heavy atom. The van der Waals surface area contributed by atoms with Crippen LogP contribution in [-0.2, 0) is 6.54 Å². The maximum absolute atomic E-state index is 12.0. The van der Waals surface area contributed by atoms with Crippen LogP contribution in [0.4, 0.5) is 5.69 Å². The molecular formula is C16H20N4O. The van der Waals surface area contributed by atoms with Crippen LogP contribution in [0.15, 0.2) is 42.9 Å². The summed E-state index contributed by atoms with van der Waals surface area (Å²) in [6.07, 6.45) is 6.15. The molecule has 0 radical (unpaired) electrons. The fraction of sp³-hybridized carbons (Fsp3) is 0.312. The van der Waals surface area contributed by atoms with E-state index >= 15 is 0 Å². The molecule has 2 aromatic rings. The molecule has 5 nitrogen and oxygen atoms in total. The average molecular weight is 284 g/mol. The van der Waals surface area contributed by atoms with E-state index in [1.54, 1.807) is 24.7 Å². The Morgan fingerprint density at radius 3 is 2.76 bits per heavy atom. The first-order valence-electron chi connectivity index (χ1n) is 7.08. The molecule has 0 aromatic carbocycles. The average Bonchev–Trinajstić information content (AvgIpc) is 2.54. The molecule has 0 saturated carbocycles. The molecule has 0 aliphatic carbocycles. The number of carbonyl (C=O) groups excluding carboxylic acids is 1. The molecule has 0 aliphatic heterocycles. The monoisotopic (exact) mass is 284 g/mol. The SMILES string of the molecule is CCC(C)Nc1ccc(C(=O)NCc2cccnc2)nc1. The van der Waals surface area contributed by atoms with E-state index in [0.717, 1.165) is 17.7 Å². The van der Waals surface area contributed by atoms with Gasteiger partial charge in [-0.3, -0.25) is 9.78 Å². The third-order valence-corrected chi connectivity index (χ3v) is 3.20. The molecule has 0 spiro atoms. The minimum Gasteiger partial charge on any atom is -0.381 e. The number of hydrogen-bond donors (Lipinski definition) is 2. The highest BCUT2D eigenvalue weighted by Crippen LogP contribution is 2.09. The topological polar surface area (TPSA) is 66.9 Å². The molecule has 0 fully saturated rings. The van der Waals surface area contributed by atoms with Crippen molar-refractivity contribution >= 4 is 11.6 Å². The predicted molar refractivity (Wildman–Crippen MR) is 83.0 cm³/mol. The molecular weight excluding hydrogens is 264 g/mol. The summed E-state index contributed by atoms with van der Waals surface area (Å²) in [5.74, 6) is -0.186. The maximum Gasteiger partial charge on any atom is 0.270 e. The van der Waals surface area contributed by atoms with Crippen molar-refractivity contribution in [3.63, 3.8) is 0 Å². The second-order valence-corrected chi connectivity index (χ2v) is 4.93. The molecule has 0 saturated heterocycles. The molecule has 2 heterocycles. The standard InChI is InChI=1S/C16H20N4O/c1-3-12(2)20-14-6-7-15(18-11-14)16(21)19-10-13-5-4-8-17-9-13/h4-9,11-12,20H,3,10H2,1-2H3,(H,19,21). The second kappa shape index (κ2) is 7.38. The summed E-state index contributed by atoms with van der Waals surface area (Å²) >= 11 is 0. The third kappa shape index (κ3) is 4.56. The lowest BCUT2D eigenvalue weighted by Gasteiger charge is -2.12.